The zero-order chi connectivity index (χ0) is 21.5. The molecule has 0 spiro atoms. The van der Waals surface area contributed by atoms with Crippen molar-refractivity contribution in [3.8, 4) is 0 Å². The van der Waals surface area contributed by atoms with Gasteiger partial charge in [-0.15, -0.1) is 0 Å². The van der Waals surface area contributed by atoms with Gasteiger partial charge in [-0.05, 0) is 51.0 Å². The highest BCUT2D eigenvalue weighted by molar-refractivity contribution is 6.31. The van der Waals surface area contributed by atoms with Crippen LogP contribution < -0.4 is 5.32 Å². The minimum Gasteiger partial charge on any atom is -0.466 e. The number of halogens is 1. The number of benzene rings is 1. The van der Waals surface area contributed by atoms with Crippen molar-refractivity contribution in [2.75, 3.05) is 14.2 Å². The van der Waals surface area contributed by atoms with E-state index in [-0.39, 0.29) is 5.15 Å². The summed E-state index contributed by atoms with van der Waals surface area (Å²) in [6, 6.07) is 5.89. The molecule has 0 aliphatic carbocycles. The molecule has 0 bridgehead atoms. The second-order valence-corrected chi connectivity index (χ2v) is 7.49. The van der Waals surface area contributed by atoms with Crippen molar-refractivity contribution in [3.63, 3.8) is 0 Å². The van der Waals surface area contributed by atoms with Gasteiger partial charge >= 0.3 is 11.9 Å². The number of carbonyl (C=O) groups is 2. The lowest BCUT2D eigenvalue weighted by Gasteiger charge is -2.30. The summed E-state index contributed by atoms with van der Waals surface area (Å²) >= 11 is 6.58. The molecule has 0 saturated heterocycles. The fraction of sp³-hybridized carbons (Fsp3) is 0.318. The Morgan fingerprint density at radius 1 is 0.966 bits per heavy atom. The molecule has 1 aliphatic rings. The highest BCUT2D eigenvalue weighted by atomic mass is 35.5. The fourth-order valence-electron chi connectivity index (χ4n) is 3.89. The van der Waals surface area contributed by atoms with Crippen LogP contribution >= 0.6 is 11.6 Å². The average molecular weight is 415 g/mol. The van der Waals surface area contributed by atoms with Gasteiger partial charge in [-0.1, -0.05) is 17.7 Å². The SMILES string of the molecule is COC(=O)C1=C(C)NC(C)=C(C(=O)OC)C1c1cc2c(C)cc(C)cc2nc1Cl. The Kier molecular flexibility index (Phi) is 5.66. The summed E-state index contributed by atoms with van der Waals surface area (Å²) < 4.78 is 10.0. The molecule has 0 saturated carbocycles. The van der Waals surface area contributed by atoms with Crippen molar-refractivity contribution in [3.05, 3.63) is 62.6 Å². The van der Waals surface area contributed by atoms with E-state index in [0.717, 1.165) is 22.0 Å². The van der Waals surface area contributed by atoms with Crippen LogP contribution in [0.4, 0.5) is 0 Å². The van der Waals surface area contributed by atoms with Gasteiger partial charge in [0, 0.05) is 22.3 Å². The molecule has 0 fully saturated rings. The smallest absolute Gasteiger partial charge is 0.336 e. The van der Waals surface area contributed by atoms with E-state index >= 15 is 0 Å². The molecule has 0 atom stereocenters. The molecule has 0 unspecified atom stereocenters. The van der Waals surface area contributed by atoms with Crippen LogP contribution in [0.15, 0.2) is 40.7 Å². The normalized spacial score (nSPS) is 14.9. The molecule has 1 aromatic heterocycles. The summed E-state index contributed by atoms with van der Waals surface area (Å²) in [6.07, 6.45) is 0. The Labute approximate surface area is 174 Å². The number of hydrogen-bond donors (Lipinski definition) is 1. The first kappa shape index (κ1) is 20.9. The summed E-state index contributed by atoms with van der Waals surface area (Å²) in [5.41, 5.74) is 5.17. The standard InChI is InChI=1S/C22H23ClN2O4/c1-10-7-11(2)14-9-15(20(23)25-16(14)8-10)19-17(21(26)28-5)12(3)24-13(4)18(19)22(27)29-6/h7-9,19,24H,1-6H3. The molecule has 7 heteroatoms. The van der Waals surface area contributed by atoms with Crippen molar-refractivity contribution in [2.45, 2.75) is 33.6 Å². The van der Waals surface area contributed by atoms with Crippen LogP contribution in [0.5, 0.6) is 0 Å². The van der Waals surface area contributed by atoms with E-state index in [4.69, 9.17) is 21.1 Å². The van der Waals surface area contributed by atoms with E-state index in [2.05, 4.69) is 16.4 Å². The monoisotopic (exact) mass is 414 g/mol. The number of hydrogen-bond acceptors (Lipinski definition) is 6. The molecule has 2 heterocycles. The van der Waals surface area contributed by atoms with Gasteiger partial charge in [0.2, 0.25) is 0 Å². The van der Waals surface area contributed by atoms with Crippen molar-refractivity contribution in [1.82, 2.24) is 10.3 Å². The summed E-state index contributed by atoms with van der Waals surface area (Å²) in [5, 5.41) is 4.20. The third kappa shape index (κ3) is 3.60. The molecule has 0 radical (unpaired) electrons. The predicted octanol–water partition coefficient (Wildman–Crippen LogP) is 4.09. The average Bonchev–Trinajstić information content (AvgIpc) is 2.65. The Balaban J connectivity index is 2.35. The van der Waals surface area contributed by atoms with Gasteiger partial charge in [-0.2, -0.15) is 0 Å². The number of allylic oxidation sites excluding steroid dienone is 2. The fourth-order valence-corrected chi connectivity index (χ4v) is 4.15. The molecule has 6 nitrogen and oxygen atoms in total. The molecule has 1 aliphatic heterocycles. The topological polar surface area (TPSA) is 77.5 Å². The largest absolute Gasteiger partial charge is 0.466 e. The minimum atomic E-state index is -0.763. The maximum atomic E-state index is 12.7. The molecule has 3 rings (SSSR count). The first-order chi connectivity index (χ1) is 13.7. The van der Waals surface area contributed by atoms with Crippen LogP contribution in [-0.4, -0.2) is 31.1 Å². The number of aryl methyl sites for hydroxylation is 2. The van der Waals surface area contributed by atoms with Gasteiger partial charge in [-0.3, -0.25) is 0 Å². The Hall–Kier alpha value is -2.86. The zero-order valence-electron chi connectivity index (χ0n) is 17.3. The number of ether oxygens (including phenoxy) is 2. The maximum Gasteiger partial charge on any atom is 0.336 e. The van der Waals surface area contributed by atoms with Crippen LogP contribution in [0, 0.1) is 13.8 Å². The number of esters is 2. The lowest BCUT2D eigenvalue weighted by Crippen LogP contribution is -2.32. The quantitative estimate of drug-likeness (QED) is 0.602. The highest BCUT2D eigenvalue weighted by Gasteiger charge is 2.39. The molecule has 1 N–H and O–H groups in total. The van der Waals surface area contributed by atoms with Gasteiger partial charge < -0.3 is 14.8 Å². The van der Waals surface area contributed by atoms with Crippen molar-refractivity contribution in [2.24, 2.45) is 0 Å². The third-order valence-corrected chi connectivity index (χ3v) is 5.45. The predicted molar refractivity (Wildman–Crippen MR) is 112 cm³/mol. The number of rotatable bonds is 3. The number of aromatic nitrogens is 1. The first-order valence-corrected chi connectivity index (χ1v) is 9.50. The van der Waals surface area contributed by atoms with Gasteiger partial charge in [0.15, 0.2) is 0 Å². The number of fused-ring (bicyclic) bond motifs is 1. The molecular weight excluding hydrogens is 392 g/mol. The van der Waals surface area contributed by atoms with Crippen LogP contribution in [0.1, 0.15) is 36.5 Å². The van der Waals surface area contributed by atoms with Gasteiger partial charge in [-0.25, -0.2) is 14.6 Å². The maximum absolute atomic E-state index is 12.7. The Bertz CT molecular complexity index is 1060. The number of dihydropyridines is 1. The number of carbonyl (C=O) groups excluding carboxylic acids is 2. The van der Waals surface area contributed by atoms with Crippen LogP contribution in [-0.2, 0) is 19.1 Å². The van der Waals surface area contributed by atoms with Crippen LogP contribution in [0.25, 0.3) is 10.9 Å². The number of methoxy groups -OCH3 is 2. The van der Waals surface area contributed by atoms with E-state index in [1.165, 1.54) is 14.2 Å². The van der Waals surface area contributed by atoms with Crippen molar-refractivity contribution < 1.29 is 19.1 Å². The van der Waals surface area contributed by atoms with Gasteiger partial charge in [0.05, 0.1) is 36.8 Å². The molecule has 1 aromatic carbocycles. The number of nitrogens with zero attached hydrogens (tertiary/aromatic N) is 1. The molecule has 0 amide bonds. The lowest BCUT2D eigenvalue weighted by molar-refractivity contribution is -0.137. The molecule has 152 valence electrons. The Morgan fingerprint density at radius 3 is 2.03 bits per heavy atom. The minimum absolute atomic E-state index is 0.220. The van der Waals surface area contributed by atoms with Gasteiger partial charge in [0.25, 0.3) is 0 Å². The lowest BCUT2D eigenvalue weighted by atomic mass is 9.80. The van der Waals surface area contributed by atoms with Crippen molar-refractivity contribution >= 4 is 34.4 Å². The molecular formula is C22H23ClN2O4. The van der Waals surface area contributed by atoms with E-state index in [1.807, 2.05) is 26.0 Å². The number of pyridine rings is 1. The second kappa shape index (κ2) is 7.87. The van der Waals surface area contributed by atoms with Gasteiger partial charge in [0.1, 0.15) is 5.15 Å². The molecule has 29 heavy (non-hydrogen) atoms. The zero-order valence-corrected chi connectivity index (χ0v) is 18.0. The van der Waals surface area contributed by atoms with E-state index in [9.17, 15) is 9.59 Å². The number of nitrogens with one attached hydrogen (secondary N) is 1. The van der Waals surface area contributed by atoms with Crippen molar-refractivity contribution in [1.29, 1.82) is 0 Å². The summed E-state index contributed by atoms with van der Waals surface area (Å²) in [7, 11) is 2.60. The van der Waals surface area contributed by atoms with E-state index in [0.29, 0.717) is 28.1 Å². The van der Waals surface area contributed by atoms with Crippen LogP contribution in [0.3, 0.4) is 0 Å². The second-order valence-electron chi connectivity index (χ2n) is 7.14. The third-order valence-electron chi connectivity index (χ3n) is 5.15. The summed E-state index contributed by atoms with van der Waals surface area (Å²) in [5.74, 6) is -1.86. The molecule has 2 aromatic rings. The van der Waals surface area contributed by atoms with E-state index in [1.54, 1.807) is 13.8 Å². The highest BCUT2D eigenvalue weighted by Crippen LogP contribution is 2.42. The summed E-state index contributed by atoms with van der Waals surface area (Å²) in [4.78, 5) is 29.9. The van der Waals surface area contributed by atoms with E-state index < -0.39 is 17.9 Å². The van der Waals surface area contributed by atoms with Crippen LogP contribution in [0.2, 0.25) is 5.15 Å². The Morgan fingerprint density at radius 2 is 1.52 bits per heavy atom. The summed E-state index contributed by atoms with van der Waals surface area (Å²) in [6.45, 7) is 7.50. The first-order valence-electron chi connectivity index (χ1n) is 9.12.